The molecule has 0 saturated carbocycles. The van der Waals surface area contributed by atoms with E-state index < -0.39 is 0 Å². The molecule has 0 aliphatic carbocycles. The van der Waals surface area contributed by atoms with Gasteiger partial charge in [0.25, 0.3) is 0 Å². The van der Waals surface area contributed by atoms with Crippen molar-refractivity contribution in [2.75, 3.05) is 26.4 Å². The second kappa shape index (κ2) is 6.97. The van der Waals surface area contributed by atoms with Crippen molar-refractivity contribution >= 4 is 11.2 Å². The number of aromatic nitrogens is 3. The van der Waals surface area contributed by atoms with E-state index in [1.54, 1.807) is 0 Å². The van der Waals surface area contributed by atoms with Crippen LogP contribution in [0.1, 0.15) is 31.5 Å². The zero-order valence-corrected chi connectivity index (χ0v) is 13.6. The standard InChI is InChI=1S/C18H25N3O2/c1-6-16-18(19-7-1)21(11-15-5-3-9-23-13-15)17(20-16)10-14-4-2-8-22-12-14/h1,6-7,14-15H,2-5,8-13H2. The first-order chi connectivity index (χ1) is 11.4. The van der Waals surface area contributed by atoms with E-state index in [2.05, 4.69) is 15.6 Å². The van der Waals surface area contributed by atoms with Crippen LogP contribution in [0.25, 0.3) is 11.2 Å². The van der Waals surface area contributed by atoms with Crippen molar-refractivity contribution in [3.05, 3.63) is 24.2 Å². The maximum atomic E-state index is 5.66. The van der Waals surface area contributed by atoms with Crippen molar-refractivity contribution in [3.8, 4) is 0 Å². The number of hydrogen-bond acceptors (Lipinski definition) is 4. The van der Waals surface area contributed by atoms with Crippen LogP contribution in [0.15, 0.2) is 18.3 Å². The second-order valence-corrected chi connectivity index (χ2v) is 6.86. The summed E-state index contributed by atoms with van der Waals surface area (Å²) in [5, 5.41) is 0. The van der Waals surface area contributed by atoms with E-state index in [0.29, 0.717) is 11.8 Å². The predicted molar refractivity (Wildman–Crippen MR) is 88.3 cm³/mol. The van der Waals surface area contributed by atoms with Crippen LogP contribution in [0.4, 0.5) is 0 Å². The Balaban J connectivity index is 1.60. The summed E-state index contributed by atoms with van der Waals surface area (Å²) in [6.45, 7) is 4.51. The predicted octanol–water partition coefficient (Wildman–Crippen LogP) is 2.83. The van der Waals surface area contributed by atoms with Crippen LogP contribution >= 0.6 is 0 Å². The van der Waals surface area contributed by atoms with Crippen molar-refractivity contribution in [2.24, 2.45) is 11.8 Å². The average Bonchev–Trinajstić information content (AvgIpc) is 2.94. The highest BCUT2D eigenvalue weighted by Gasteiger charge is 2.22. The van der Waals surface area contributed by atoms with Gasteiger partial charge in [0.15, 0.2) is 5.65 Å². The number of pyridine rings is 1. The topological polar surface area (TPSA) is 49.2 Å². The first-order valence-electron chi connectivity index (χ1n) is 8.86. The van der Waals surface area contributed by atoms with Gasteiger partial charge >= 0.3 is 0 Å². The summed E-state index contributed by atoms with van der Waals surface area (Å²) in [7, 11) is 0. The number of imidazole rings is 1. The molecule has 124 valence electrons. The average molecular weight is 315 g/mol. The zero-order chi connectivity index (χ0) is 15.5. The molecule has 4 rings (SSSR count). The van der Waals surface area contributed by atoms with Crippen molar-refractivity contribution in [1.82, 2.24) is 14.5 Å². The highest BCUT2D eigenvalue weighted by molar-refractivity contribution is 5.71. The minimum atomic E-state index is 0.574. The van der Waals surface area contributed by atoms with E-state index in [1.807, 2.05) is 12.3 Å². The van der Waals surface area contributed by atoms with E-state index in [1.165, 1.54) is 25.1 Å². The smallest absolute Gasteiger partial charge is 0.159 e. The molecule has 2 atom stereocenters. The van der Waals surface area contributed by atoms with Crippen LogP contribution < -0.4 is 0 Å². The fourth-order valence-corrected chi connectivity index (χ4v) is 3.79. The SMILES string of the molecule is c1cnc2c(c1)nc(CC1CCCOC1)n2CC1CCCOC1. The Morgan fingerprint density at radius 3 is 2.61 bits per heavy atom. The van der Waals surface area contributed by atoms with Crippen LogP contribution in [0.5, 0.6) is 0 Å². The summed E-state index contributed by atoms with van der Waals surface area (Å²) in [4.78, 5) is 9.47. The first kappa shape index (κ1) is 15.1. The molecule has 0 aromatic carbocycles. The molecule has 2 aromatic heterocycles. The molecule has 2 fully saturated rings. The number of ether oxygens (including phenoxy) is 2. The van der Waals surface area contributed by atoms with Gasteiger partial charge in [-0.15, -0.1) is 0 Å². The molecule has 5 heteroatoms. The number of fused-ring (bicyclic) bond motifs is 1. The fourth-order valence-electron chi connectivity index (χ4n) is 3.79. The van der Waals surface area contributed by atoms with Gasteiger partial charge in [-0.05, 0) is 43.7 Å². The maximum Gasteiger partial charge on any atom is 0.159 e. The third-order valence-corrected chi connectivity index (χ3v) is 5.00. The van der Waals surface area contributed by atoms with Gasteiger partial charge in [0, 0.05) is 44.9 Å². The number of hydrogen-bond donors (Lipinski definition) is 0. The molecule has 0 radical (unpaired) electrons. The summed E-state index contributed by atoms with van der Waals surface area (Å²) in [5.74, 6) is 2.33. The molecule has 0 amide bonds. The summed E-state index contributed by atoms with van der Waals surface area (Å²) in [5.41, 5.74) is 2.03. The van der Waals surface area contributed by atoms with Crippen LogP contribution in [0.3, 0.4) is 0 Å². The van der Waals surface area contributed by atoms with Crippen molar-refractivity contribution in [2.45, 2.75) is 38.6 Å². The van der Waals surface area contributed by atoms with E-state index in [4.69, 9.17) is 14.5 Å². The normalized spacial score (nSPS) is 25.7. The van der Waals surface area contributed by atoms with Crippen LogP contribution in [-0.4, -0.2) is 41.0 Å². The lowest BCUT2D eigenvalue weighted by molar-refractivity contribution is 0.0464. The van der Waals surface area contributed by atoms with Crippen molar-refractivity contribution in [1.29, 1.82) is 0 Å². The molecular formula is C18H25N3O2. The van der Waals surface area contributed by atoms with Crippen LogP contribution in [0, 0.1) is 11.8 Å². The highest BCUT2D eigenvalue weighted by Crippen LogP contribution is 2.24. The molecule has 2 aliphatic rings. The summed E-state index contributed by atoms with van der Waals surface area (Å²) >= 11 is 0. The number of rotatable bonds is 4. The summed E-state index contributed by atoms with van der Waals surface area (Å²) in [6.07, 6.45) is 7.66. The van der Waals surface area contributed by atoms with Gasteiger partial charge in [0.05, 0.1) is 6.61 Å². The van der Waals surface area contributed by atoms with Crippen molar-refractivity contribution in [3.63, 3.8) is 0 Å². The van der Waals surface area contributed by atoms with Crippen LogP contribution in [-0.2, 0) is 22.4 Å². The Bertz CT molecular complexity index is 643. The molecule has 2 saturated heterocycles. The first-order valence-corrected chi connectivity index (χ1v) is 8.86. The summed E-state index contributed by atoms with van der Waals surface area (Å²) < 4.78 is 13.6. The molecule has 4 heterocycles. The van der Waals surface area contributed by atoms with E-state index in [0.717, 1.165) is 57.0 Å². The molecule has 2 aliphatic heterocycles. The molecule has 5 nitrogen and oxygen atoms in total. The van der Waals surface area contributed by atoms with Gasteiger partial charge in [0.1, 0.15) is 11.3 Å². The Morgan fingerprint density at radius 2 is 1.87 bits per heavy atom. The third kappa shape index (κ3) is 3.40. The molecule has 0 spiro atoms. The monoisotopic (exact) mass is 315 g/mol. The van der Waals surface area contributed by atoms with E-state index >= 15 is 0 Å². The Morgan fingerprint density at radius 1 is 1.09 bits per heavy atom. The van der Waals surface area contributed by atoms with E-state index in [9.17, 15) is 0 Å². The quantitative estimate of drug-likeness (QED) is 0.870. The zero-order valence-electron chi connectivity index (χ0n) is 13.6. The van der Waals surface area contributed by atoms with Crippen LogP contribution in [0.2, 0.25) is 0 Å². The largest absolute Gasteiger partial charge is 0.381 e. The molecule has 2 aromatic rings. The molecule has 23 heavy (non-hydrogen) atoms. The van der Waals surface area contributed by atoms with Gasteiger partial charge in [-0.25, -0.2) is 9.97 Å². The lowest BCUT2D eigenvalue weighted by Crippen LogP contribution is -2.25. The molecule has 2 unspecified atom stereocenters. The highest BCUT2D eigenvalue weighted by atomic mass is 16.5. The van der Waals surface area contributed by atoms with Gasteiger partial charge in [-0.1, -0.05) is 0 Å². The van der Waals surface area contributed by atoms with Gasteiger partial charge in [0.2, 0.25) is 0 Å². The summed E-state index contributed by atoms with van der Waals surface area (Å²) in [6, 6.07) is 4.04. The Labute approximate surface area is 137 Å². The Kier molecular flexibility index (Phi) is 4.57. The lowest BCUT2D eigenvalue weighted by atomic mass is 9.98. The molecule has 0 N–H and O–H groups in total. The second-order valence-electron chi connectivity index (χ2n) is 6.86. The fraction of sp³-hybridized carbons (Fsp3) is 0.667. The minimum Gasteiger partial charge on any atom is -0.381 e. The molecule has 0 bridgehead atoms. The third-order valence-electron chi connectivity index (χ3n) is 5.00. The van der Waals surface area contributed by atoms with Gasteiger partial charge < -0.3 is 14.0 Å². The lowest BCUT2D eigenvalue weighted by Gasteiger charge is -2.25. The maximum absolute atomic E-state index is 5.66. The molecular weight excluding hydrogens is 290 g/mol. The van der Waals surface area contributed by atoms with Gasteiger partial charge in [-0.3, -0.25) is 0 Å². The Hall–Kier alpha value is -1.46. The minimum absolute atomic E-state index is 0.574. The van der Waals surface area contributed by atoms with E-state index in [-0.39, 0.29) is 0 Å². The van der Waals surface area contributed by atoms with Crippen molar-refractivity contribution < 1.29 is 9.47 Å². The van der Waals surface area contributed by atoms with Gasteiger partial charge in [-0.2, -0.15) is 0 Å². The number of nitrogens with zero attached hydrogens (tertiary/aromatic N) is 3.